The van der Waals surface area contributed by atoms with Gasteiger partial charge in [-0.05, 0) is 30.3 Å². The monoisotopic (exact) mass is 326 g/mol. The van der Waals surface area contributed by atoms with Gasteiger partial charge in [0.05, 0.1) is 11.2 Å². The number of fused-ring (bicyclic) bond motifs is 1. The zero-order valence-electron chi connectivity index (χ0n) is 13.9. The first-order valence-electron chi connectivity index (χ1n) is 8.19. The molecule has 3 aromatic carbocycles. The lowest BCUT2D eigenvalue weighted by molar-refractivity contribution is 0.975. The van der Waals surface area contributed by atoms with Crippen LogP contribution >= 0.6 is 0 Å². The average Bonchev–Trinajstić information content (AvgIpc) is 2.94. The van der Waals surface area contributed by atoms with Gasteiger partial charge >= 0.3 is 0 Å². The van der Waals surface area contributed by atoms with E-state index in [9.17, 15) is 0 Å². The summed E-state index contributed by atoms with van der Waals surface area (Å²) < 4.78 is 2.11. The first-order chi connectivity index (χ1) is 12.3. The lowest BCUT2D eigenvalue weighted by Gasteiger charge is -2.08. The van der Waals surface area contributed by atoms with E-state index in [0.29, 0.717) is 0 Å². The zero-order chi connectivity index (χ0) is 17.1. The molecule has 0 bridgehead atoms. The number of hydrogen-bond acceptors (Lipinski definition) is 3. The Hall–Kier alpha value is -3.40. The van der Waals surface area contributed by atoms with E-state index < -0.39 is 0 Å². The molecule has 4 aromatic rings. The first kappa shape index (κ1) is 15.1. The Morgan fingerprint density at radius 3 is 2.12 bits per heavy atom. The molecule has 1 N–H and O–H groups in total. The Morgan fingerprint density at radius 1 is 0.720 bits per heavy atom. The van der Waals surface area contributed by atoms with E-state index in [1.54, 1.807) is 0 Å². The van der Waals surface area contributed by atoms with E-state index in [1.807, 2.05) is 79.8 Å². The highest BCUT2D eigenvalue weighted by Crippen LogP contribution is 2.39. The number of azo groups is 1. The summed E-state index contributed by atoms with van der Waals surface area (Å²) in [4.78, 5) is 0. The van der Waals surface area contributed by atoms with Crippen molar-refractivity contribution in [1.29, 1.82) is 0 Å². The summed E-state index contributed by atoms with van der Waals surface area (Å²) in [5, 5.41) is 13.5. The summed E-state index contributed by atoms with van der Waals surface area (Å²) >= 11 is 0. The summed E-state index contributed by atoms with van der Waals surface area (Å²) in [5.74, 6) is 0.923. The molecule has 25 heavy (non-hydrogen) atoms. The molecule has 1 heterocycles. The first-order valence-corrected chi connectivity index (χ1v) is 8.19. The Balaban J connectivity index is 1.83. The third-order valence-corrected chi connectivity index (χ3v) is 4.14. The normalized spacial score (nSPS) is 11.2. The molecule has 0 atom stereocenters. The minimum absolute atomic E-state index is 0.834. The van der Waals surface area contributed by atoms with Gasteiger partial charge < -0.3 is 9.88 Å². The number of aryl methyl sites for hydroxylation is 1. The van der Waals surface area contributed by atoms with E-state index in [2.05, 4.69) is 32.2 Å². The van der Waals surface area contributed by atoms with E-state index in [-0.39, 0.29) is 0 Å². The molecule has 0 aliphatic heterocycles. The summed E-state index contributed by atoms with van der Waals surface area (Å²) in [6, 6.07) is 28.1. The van der Waals surface area contributed by atoms with Gasteiger partial charge in [0.2, 0.25) is 0 Å². The number of nitrogens with zero attached hydrogens (tertiary/aromatic N) is 3. The fourth-order valence-corrected chi connectivity index (χ4v) is 2.88. The molecule has 4 rings (SSSR count). The highest BCUT2D eigenvalue weighted by Gasteiger charge is 2.15. The smallest absolute Gasteiger partial charge is 0.139 e. The second-order valence-electron chi connectivity index (χ2n) is 5.80. The molecule has 0 fully saturated rings. The van der Waals surface area contributed by atoms with Crippen molar-refractivity contribution in [2.45, 2.75) is 0 Å². The van der Waals surface area contributed by atoms with Crippen LogP contribution in [0.3, 0.4) is 0 Å². The van der Waals surface area contributed by atoms with E-state index in [4.69, 9.17) is 0 Å². The summed E-state index contributed by atoms with van der Waals surface area (Å²) in [6.45, 7) is 0. The maximum Gasteiger partial charge on any atom is 0.139 e. The number of aromatic nitrogens is 1. The number of para-hydroxylation sites is 2. The van der Waals surface area contributed by atoms with Crippen LogP contribution in [0.25, 0.3) is 10.9 Å². The Labute approximate surface area is 146 Å². The maximum atomic E-state index is 4.56. The van der Waals surface area contributed by atoms with Crippen LogP contribution in [0.15, 0.2) is 95.2 Å². The minimum atomic E-state index is 0.834. The Kier molecular flexibility index (Phi) is 4.01. The standard InChI is InChI=1S/C21H18N4/c1-25-19-15-9-8-14-18(19)20(24-23-17-12-6-3-7-13-17)21(25)22-16-10-4-2-5-11-16/h2-15,22H,1H3. The van der Waals surface area contributed by atoms with Crippen molar-refractivity contribution in [1.82, 2.24) is 4.57 Å². The topological polar surface area (TPSA) is 41.7 Å². The van der Waals surface area contributed by atoms with Crippen LogP contribution in [0, 0.1) is 0 Å². The molecule has 122 valence electrons. The van der Waals surface area contributed by atoms with Crippen LogP contribution in [-0.4, -0.2) is 4.57 Å². The van der Waals surface area contributed by atoms with Crippen molar-refractivity contribution in [3.8, 4) is 0 Å². The molecular weight excluding hydrogens is 308 g/mol. The van der Waals surface area contributed by atoms with Gasteiger partial charge in [-0.1, -0.05) is 54.6 Å². The molecule has 0 radical (unpaired) electrons. The Morgan fingerprint density at radius 2 is 1.36 bits per heavy atom. The number of hydrogen-bond donors (Lipinski definition) is 1. The number of rotatable bonds is 4. The van der Waals surface area contributed by atoms with Crippen LogP contribution in [0.1, 0.15) is 0 Å². The second-order valence-corrected chi connectivity index (χ2v) is 5.80. The lowest BCUT2D eigenvalue weighted by atomic mass is 10.2. The van der Waals surface area contributed by atoms with Crippen molar-refractivity contribution in [2.75, 3.05) is 5.32 Å². The average molecular weight is 326 g/mol. The maximum absolute atomic E-state index is 4.56. The SMILES string of the molecule is Cn1c(Nc2ccccc2)c(N=Nc2ccccc2)c2ccccc21. The van der Waals surface area contributed by atoms with Crippen molar-refractivity contribution < 1.29 is 0 Å². The van der Waals surface area contributed by atoms with Crippen molar-refractivity contribution >= 4 is 33.8 Å². The predicted octanol–water partition coefficient (Wildman–Crippen LogP) is 6.34. The lowest BCUT2D eigenvalue weighted by Crippen LogP contribution is -1.97. The molecule has 0 spiro atoms. The molecular formula is C21H18N4. The van der Waals surface area contributed by atoms with Gasteiger partial charge in [-0.15, -0.1) is 5.11 Å². The van der Waals surface area contributed by atoms with Crippen molar-refractivity contribution in [3.05, 3.63) is 84.9 Å². The molecule has 1 aromatic heterocycles. The van der Waals surface area contributed by atoms with Crippen molar-refractivity contribution in [3.63, 3.8) is 0 Å². The van der Waals surface area contributed by atoms with Gasteiger partial charge in [-0.25, -0.2) is 0 Å². The highest BCUT2D eigenvalue weighted by atomic mass is 15.2. The van der Waals surface area contributed by atoms with Gasteiger partial charge in [0.1, 0.15) is 11.5 Å². The van der Waals surface area contributed by atoms with Crippen LogP contribution in [0.4, 0.5) is 22.9 Å². The molecule has 4 nitrogen and oxygen atoms in total. The van der Waals surface area contributed by atoms with Crippen LogP contribution < -0.4 is 5.32 Å². The van der Waals surface area contributed by atoms with E-state index in [0.717, 1.165) is 33.8 Å². The molecule has 0 amide bonds. The number of anilines is 2. The molecule has 0 saturated heterocycles. The summed E-state index contributed by atoms with van der Waals surface area (Å²) in [6.07, 6.45) is 0. The highest BCUT2D eigenvalue weighted by molar-refractivity contribution is 5.99. The van der Waals surface area contributed by atoms with Gasteiger partial charge in [-0.3, -0.25) is 0 Å². The second kappa shape index (κ2) is 6.61. The van der Waals surface area contributed by atoms with E-state index in [1.165, 1.54) is 0 Å². The van der Waals surface area contributed by atoms with Gasteiger partial charge in [0.15, 0.2) is 0 Å². The minimum Gasteiger partial charge on any atom is -0.340 e. The fourth-order valence-electron chi connectivity index (χ4n) is 2.88. The van der Waals surface area contributed by atoms with Gasteiger partial charge in [-0.2, -0.15) is 5.11 Å². The Bertz CT molecular complexity index is 1020. The quantitative estimate of drug-likeness (QED) is 0.437. The third kappa shape index (κ3) is 3.02. The van der Waals surface area contributed by atoms with Gasteiger partial charge in [0.25, 0.3) is 0 Å². The summed E-state index contributed by atoms with van der Waals surface area (Å²) in [7, 11) is 2.04. The zero-order valence-corrected chi connectivity index (χ0v) is 13.9. The van der Waals surface area contributed by atoms with E-state index >= 15 is 0 Å². The molecule has 0 aliphatic rings. The van der Waals surface area contributed by atoms with Crippen LogP contribution in [-0.2, 0) is 7.05 Å². The van der Waals surface area contributed by atoms with Gasteiger partial charge in [0, 0.05) is 18.1 Å². The number of nitrogens with one attached hydrogen (secondary N) is 1. The largest absolute Gasteiger partial charge is 0.340 e. The molecule has 0 saturated carbocycles. The molecule has 0 aliphatic carbocycles. The fraction of sp³-hybridized carbons (Fsp3) is 0.0476. The molecule has 0 unspecified atom stereocenters. The third-order valence-electron chi connectivity index (χ3n) is 4.14. The van der Waals surface area contributed by atoms with Crippen molar-refractivity contribution in [2.24, 2.45) is 17.3 Å². The molecule has 4 heteroatoms. The predicted molar refractivity (Wildman–Crippen MR) is 103 cm³/mol. The number of benzene rings is 3. The van der Waals surface area contributed by atoms with Crippen LogP contribution in [0.2, 0.25) is 0 Å². The summed E-state index contributed by atoms with van der Waals surface area (Å²) in [5.41, 5.74) is 3.81. The van der Waals surface area contributed by atoms with Crippen LogP contribution in [0.5, 0.6) is 0 Å².